The first-order valence-electron chi connectivity index (χ1n) is 6.12. The monoisotopic (exact) mass is 287 g/mol. The Morgan fingerprint density at radius 3 is 2.52 bits per heavy atom. The maximum Gasteiger partial charge on any atom is 0.336 e. The summed E-state index contributed by atoms with van der Waals surface area (Å²) in [5.41, 5.74) is 6.75. The van der Waals surface area contributed by atoms with Gasteiger partial charge in [0.15, 0.2) is 0 Å². The highest BCUT2D eigenvalue weighted by Crippen LogP contribution is 2.18. The van der Waals surface area contributed by atoms with Crippen molar-refractivity contribution >= 4 is 17.3 Å². The second-order valence-corrected chi connectivity index (χ2v) is 4.25. The Morgan fingerprint density at radius 1 is 1.19 bits per heavy atom. The smallest absolute Gasteiger partial charge is 0.336 e. The van der Waals surface area contributed by atoms with Crippen LogP contribution in [0.3, 0.4) is 0 Å². The number of hydrogen-bond donors (Lipinski definition) is 3. The average Bonchev–Trinajstić information content (AvgIpc) is 2.48. The SMILES string of the molecule is O=C(O)c1cc([N+](=O)[O-])ccc1CNNc1ccccc1. The largest absolute Gasteiger partial charge is 0.478 e. The first-order valence-corrected chi connectivity index (χ1v) is 6.12. The molecule has 0 heterocycles. The molecule has 2 aromatic rings. The zero-order chi connectivity index (χ0) is 15.2. The normalized spacial score (nSPS) is 10.1. The predicted molar refractivity (Wildman–Crippen MR) is 77.0 cm³/mol. The molecule has 0 amide bonds. The molecule has 2 aromatic carbocycles. The van der Waals surface area contributed by atoms with Gasteiger partial charge in [0.2, 0.25) is 0 Å². The number of nitro benzene ring substituents is 1. The van der Waals surface area contributed by atoms with Crippen LogP contribution in [0.15, 0.2) is 48.5 Å². The summed E-state index contributed by atoms with van der Waals surface area (Å²) in [6, 6.07) is 13.1. The van der Waals surface area contributed by atoms with Crippen LogP contribution in [0.4, 0.5) is 11.4 Å². The molecule has 0 unspecified atom stereocenters. The van der Waals surface area contributed by atoms with Gasteiger partial charge >= 0.3 is 5.97 Å². The average molecular weight is 287 g/mol. The van der Waals surface area contributed by atoms with Crippen molar-refractivity contribution in [2.75, 3.05) is 5.43 Å². The van der Waals surface area contributed by atoms with Gasteiger partial charge in [-0.15, -0.1) is 0 Å². The molecule has 3 N–H and O–H groups in total. The van der Waals surface area contributed by atoms with Gasteiger partial charge in [-0.25, -0.2) is 10.2 Å². The lowest BCUT2D eigenvalue weighted by Gasteiger charge is -2.10. The minimum absolute atomic E-state index is 0.0911. The summed E-state index contributed by atoms with van der Waals surface area (Å²) in [4.78, 5) is 21.2. The molecular weight excluding hydrogens is 274 g/mol. The highest BCUT2D eigenvalue weighted by atomic mass is 16.6. The van der Waals surface area contributed by atoms with Crippen LogP contribution in [0.5, 0.6) is 0 Å². The number of rotatable bonds is 6. The van der Waals surface area contributed by atoms with Crippen molar-refractivity contribution in [1.82, 2.24) is 5.43 Å². The van der Waals surface area contributed by atoms with Crippen LogP contribution >= 0.6 is 0 Å². The Morgan fingerprint density at radius 2 is 1.90 bits per heavy atom. The van der Waals surface area contributed by atoms with Crippen molar-refractivity contribution in [1.29, 1.82) is 0 Å². The Labute approximate surface area is 120 Å². The number of benzene rings is 2. The first-order chi connectivity index (χ1) is 10.1. The molecule has 0 fully saturated rings. The number of carbonyl (C=O) groups is 1. The second-order valence-electron chi connectivity index (χ2n) is 4.25. The topological polar surface area (TPSA) is 104 Å². The molecule has 0 aliphatic heterocycles. The van der Waals surface area contributed by atoms with E-state index in [1.54, 1.807) is 0 Å². The molecule has 0 atom stereocenters. The molecular formula is C14H13N3O4. The molecule has 7 nitrogen and oxygen atoms in total. The van der Waals surface area contributed by atoms with Crippen molar-refractivity contribution in [2.24, 2.45) is 0 Å². The molecule has 0 saturated carbocycles. The van der Waals surface area contributed by atoms with E-state index < -0.39 is 10.9 Å². The van der Waals surface area contributed by atoms with Crippen LogP contribution in [-0.2, 0) is 6.54 Å². The van der Waals surface area contributed by atoms with Crippen LogP contribution in [0, 0.1) is 10.1 Å². The minimum Gasteiger partial charge on any atom is -0.478 e. The number of carboxylic acid groups (broad SMARTS) is 1. The van der Waals surface area contributed by atoms with Crippen LogP contribution in [-0.4, -0.2) is 16.0 Å². The van der Waals surface area contributed by atoms with E-state index in [9.17, 15) is 14.9 Å². The van der Waals surface area contributed by atoms with Gasteiger partial charge in [-0.2, -0.15) is 0 Å². The summed E-state index contributed by atoms with van der Waals surface area (Å²) in [6.45, 7) is 0.217. The van der Waals surface area contributed by atoms with E-state index in [0.29, 0.717) is 5.56 Å². The van der Waals surface area contributed by atoms with Crippen molar-refractivity contribution in [2.45, 2.75) is 6.54 Å². The van der Waals surface area contributed by atoms with Crippen molar-refractivity contribution in [3.8, 4) is 0 Å². The Hall–Kier alpha value is -2.93. The van der Waals surface area contributed by atoms with Gasteiger partial charge in [-0.1, -0.05) is 18.2 Å². The van der Waals surface area contributed by atoms with Crippen LogP contribution < -0.4 is 10.9 Å². The number of non-ortho nitro benzene ring substituents is 1. The highest BCUT2D eigenvalue weighted by Gasteiger charge is 2.15. The fraction of sp³-hybridized carbons (Fsp3) is 0.0714. The molecule has 7 heteroatoms. The number of para-hydroxylation sites is 1. The van der Waals surface area contributed by atoms with Gasteiger partial charge < -0.3 is 10.5 Å². The summed E-state index contributed by atoms with van der Waals surface area (Å²) < 4.78 is 0. The van der Waals surface area contributed by atoms with E-state index >= 15 is 0 Å². The standard InChI is InChI=1S/C14H13N3O4/c18-14(19)13-8-12(17(20)21)7-6-10(13)9-15-16-11-4-2-1-3-5-11/h1-8,15-16H,9H2,(H,18,19). The number of hydrazine groups is 1. The maximum atomic E-state index is 11.2. The van der Waals surface area contributed by atoms with Gasteiger partial charge in [0, 0.05) is 24.4 Å². The minimum atomic E-state index is -1.20. The summed E-state index contributed by atoms with van der Waals surface area (Å²) in [6.07, 6.45) is 0. The third-order valence-corrected chi connectivity index (χ3v) is 2.82. The summed E-state index contributed by atoms with van der Waals surface area (Å²) in [5.74, 6) is -1.20. The number of aromatic carboxylic acids is 1. The number of nitrogens with zero attached hydrogens (tertiary/aromatic N) is 1. The third kappa shape index (κ3) is 3.77. The molecule has 0 aliphatic carbocycles. The fourth-order valence-electron chi connectivity index (χ4n) is 1.79. The lowest BCUT2D eigenvalue weighted by Crippen LogP contribution is -2.22. The number of nitrogens with one attached hydrogen (secondary N) is 2. The Balaban J connectivity index is 2.09. The van der Waals surface area contributed by atoms with Crippen LogP contribution in [0.25, 0.3) is 0 Å². The number of anilines is 1. The van der Waals surface area contributed by atoms with Crippen molar-refractivity contribution < 1.29 is 14.8 Å². The number of carboxylic acids is 1. The molecule has 0 saturated heterocycles. The Bertz CT molecular complexity index is 659. The number of hydrogen-bond acceptors (Lipinski definition) is 5. The molecule has 0 bridgehead atoms. The van der Waals surface area contributed by atoms with Crippen molar-refractivity contribution in [3.05, 3.63) is 69.8 Å². The molecule has 21 heavy (non-hydrogen) atoms. The van der Waals surface area contributed by atoms with Crippen molar-refractivity contribution in [3.63, 3.8) is 0 Å². The van der Waals surface area contributed by atoms with Gasteiger partial charge in [0.25, 0.3) is 5.69 Å². The van der Waals surface area contributed by atoms with E-state index in [1.807, 2.05) is 30.3 Å². The summed E-state index contributed by atoms with van der Waals surface area (Å²) in [5, 5.41) is 19.8. The molecule has 0 radical (unpaired) electrons. The van der Waals surface area contributed by atoms with E-state index in [0.717, 1.165) is 11.8 Å². The molecule has 0 spiro atoms. The zero-order valence-corrected chi connectivity index (χ0v) is 10.9. The van der Waals surface area contributed by atoms with E-state index in [1.165, 1.54) is 12.1 Å². The third-order valence-electron chi connectivity index (χ3n) is 2.82. The fourth-order valence-corrected chi connectivity index (χ4v) is 1.79. The maximum absolute atomic E-state index is 11.2. The summed E-state index contributed by atoms with van der Waals surface area (Å²) >= 11 is 0. The predicted octanol–water partition coefficient (Wildman–Crippen LogP) is 2.41. The Kier molecular flexibility index (Phi) is 4.47. The van der Waals surface area contributed by atoms with E-state index in [4.69, 9.17) is 5.11 Å². The summed E-state index contributed by atoms with van der Waals surface area (Å²) in [7, 11) is 0. The highest BCUT2D eigenvalue weighted by molar-refractivity contribution is 5.90. The zero-order valence-electron chi connectivity index (χ0n) is 10.9. The number of nitro groups is 1. The van der Waals surface area contributed by atoms with E-state index in [2.05, 4.69) is 10.9 Å². The van der Waals surface area contributed by atoms with Crippen LogP contribution in [0.1, 0.15) is 15.9 Å². The quantitative estimate of drug-likeness (QED) is 0.556. The second kappa shape index (κ2) is 6.49. The van der Waals surface area contributed by atoms with Gasteiger partial charge in [-0.05, 0) is 23.8 Å². The molecule has 2 rings (SSSR count). The first kappa shape index (κ1) is 14.5. The van der Waals surface area contributed by atoms with E-state index in [-0.39, 0.29) is 17.8 Å². The lowest BCUT2D eigenvalue weighted by atomic mass is 10.1. The molecule has 0 aliphatic rings. The van der Waals surface area contributed by atoms with Crippen LogP contribution in [0.2, 0.25) is 0 Å². The van der Waals surface area contributed by atoms with Gasteiger partial charge in [0.1, 0.15) is 0 Å². The van der Waals surface area contributed by atoms with Gasteiger partial charge in [-0.3, -0.25) is 10.1 Å². The van der Waals surface area contributed by atoms with Gasteiger partial charge in [0.05, 0.1) is 10.5 Å². The lowest BCUT2D eigenvalue weighted by molar-refractivity contribution is -0.384. The molecule has 0 aromatic heterocycles. The molecule has 108 valence electrons.